The Balaban J connectivity index is 1.51. The van der Waals surface area contributed by atoms with E-state index < -0.39 is 11.7 Å². The van der Waals surface area contributed by atoms with Crippen LogP contribution in [0.5, 0.6) is 0 Å². The van der Waals surface area contributed by atoms with Gasteiger partial charge in [-0.05, 0) is 49.9 Å². The highest BCUT2D eigenvalue weighted by molar-refractivity contribution is 6.52. The van der Waals surface area contributed by atoms with Crippen molar-refractivity contribution in [1.29, 1.82) is 0 Å². The number of ketones is 1. The summed E-state index contributed by atoms with van der Waals surface area (Å²) in [4.78, 5) is 32.1. The minimum Gasteiger partial charge on any atom is -0.291 e. The van der Waals surface area contributed by atoms with Gasteiger partial charge in [-0.25, -0.2) is 9.67 Å². The van der Waals surface area contributed by atoms with E-state index in [2.05, 4.69) is 17.0 Å². The maximum Gasteiger partial charge on any atom is 0.300 e. The van der Waals surface area contributed by atoms with Crippen molar-refractivity contribution in [2.75, 3.05) is 18.6 Å². The number of rotatable bonds is 5. The molecule has 2 heterocycles. The van der Waals surface area contributed by atoms with E-state index in [-0.39, 0.29) is 6.04 Å². The van der Waals surface area contributed by atoms with Gasteiger partial charge in [0.05, 0.1) is 23.6 Å². The highest BCUT2D eigenvalue weighted by Gasteiger charge is 2.36. The summed E-state index contributed by atoms with van der Waals surface area (Å²) in [6.45, 7) is 2.35. The fourth-order valence-electron chi connectivity index (χ4n) is 3.26. The van der Waals surface area contributed by atoms with Crippen molar-refractivity contribution in [1.82, 2.24) is 19.7 Å². The number of amides is 1. The minimum atomic E-state index is -0.530. The molecule has 1 amide bonds. The van der Waals surface area contributed by atoms with Crippen molar-refractivity contribution in [3.05, 3.63) is 71.3 Å². The molecule has 142 valence electrons. The van der Waals surface area contributed by atoms with Crippen LogP contribution in [0.25, 0.3) is 5.69 Å². The van der Waals surface area contributed by atoms with Crippen molar-refractivity contribution in [2.45, 2.75) is 13.0 Å². The van der Waals surface area contributed by atoms with Gasteiger partial charge in [-0.15, -0.1) is 0 Å². The normalized spacial score (nSPS) is 14.6. The van der Waals surface area contributed by atoms with Crippen LogP contribution in [0.3, 0.4) is 0 Å². The highest BCUT2D eigenvalue weighted by atomic mass is 35.5. The number of hydrogen-bond acceptors (Lipinski definition) is 5. The molecule has 4 rings (SSSR count). The van der Waals surface area contributed by atoms with E-state index in [1.807, 2.05) is 36.2 Å². The smallest absolute Gasteiger partial charge is 0.291 e. The first-order chi connectivity index (χ1) is 13.5. The number of Topliss-reactive ketones (excluding diaryl/α,β-unsaturated/α-hetero) is 1. The first-order valence-electron chi connectivity index (χ1n) is 8.76. The zero-order valence-corrected chi connectivity index (χ0v) is 16.2. The van der Waals surface area contributed by atoms with Gasteiger partial charge < -0.3 is 0 Å². The van der Waals surface area contributed by atoms with E-state index in [0.717, 1.165) is 11.3 Å². The van der Waals surface area contributed by atoms with E-state index >= 15 is 0 Å². The third kappa shape index (κ3) is 3.19. The number of carbonyl (C=O) groups is 2. The van der Waals surface area contributed by atoms with Gasteiger partial charge in [0.25, 0.3) is 5.78 Å². The van der Waals surface area contributed by atoms with Gasteiger partial charge in [0.1, 0.15) is 12.7 Å². The zero-order valence-electron chi connectivity index (χ0n) is 15.4. The molecule has 0 N–H and O–H groups in total. The number of benzene rings is 2. The van der Waals surface area contributed by atoms with Crippen LogP contribution in [-0.2, 0) is 4.79 Å². The number of aromatic nitrogens is 3. The predicted molar refractivity (Wildman–Crippen MR) is 106 cm³/mol. The fraction of sp³-hybridized carbons (Fsp3) is 0.200. The molecule has 0 bridgehead atoms. The lowest BCUT2D eigenvalue weighted by molar-refractivity contribution is -0.114. The molecule has 7 nitrogen and oxygen atoms in total. The van der Waals surface area contributed by atoms with Crippen LogP contribution in [0, 0.1) is 0 Å². The molecule has 1 aromatic heterocycles. The molecule has 0 radical (unpaired) electrons. The highest BCUT2D eigenvalue weighted by Crippen LogP contribution is 2.32. The molecule has 0 aliphatic carbocycles. The number of anilines is 1. The molecule has 1 aliphatic heterocycles. The Labute approximate surface area is 167 Å². The van der Waals surface area contributed by atoms with Crippen LogP contribution in [0.1, 0.15) is 28.9 Å². The molecule has 28 heavy (non-hydrogen) atoms. The molecule has 1 aliphatic rings. The van der Waals surface area contributed by atoms with E-state index in [9.17, 15) is 9.59 Å². The lowest BCUT2D eigenvalue weighted by Gasteiger charge is -2.29. The lowest BCUT2D eigenvalue weighted by Crippen LogP contribution is -2.40. The van der Waals surface area contributed by atoms with Crippen molar-refractivity contribution in [2.24, 2.45) is 0 Å². The van der Waals surface area contributed by atoms with E-state index in [1.54, 1.807) is 29.2 Å². The summed E-state index contributed by atoms with van der Waals surface area (Å²) in [6, 6.07) is 12.9. The second kappa shape index (κ2) is 7.18. The van der Waals surface area contributed by atoms with Crippen LogP contribution in [0.15, 0.2) is 55.1 Å². The largest absolute Gasteiger partial charge is 0.300 e. The summed E-state index contributed by atoms with van der Waals surface area (Å²) in [7, 11) is 1.92. The summed E-state index contributed by atoms with van der Waals surface area (Å²) in [6.07, 6.45) is 3.13. The Kier molecular flexibility index (Phi) is 4.70. The van der Waals surface area contributed by atoms with E-state index in [0.29, 0.717) is 22.9 Å². The molecule has 0 saturated heterocycles. The summed E-state index contributed by atoms with van der Waals surface area (Å²) in [5.74, 6) is -1.05. The Hall–Kier alpha value is -3.03. The molecule has 3 aromatic rings. The second-order valence-electron chi connectivity index (χ2n) is 6.73. The number of halogens is 1. The third-order valence-corrected chi connectivity index (χ3v) is 5.25. The number of hydrogen-bond donors (Lipinski definition) is 0. The van der Waals surface area contributed by atoms with Crippen LogP contribution in [0.4, 0.5) is 5.69 Å². The number of fused-ring (bicyclic) bond motifs is 1. The summed E-state index contributed by atoms with van der Waals surface area (Å²) >= 11 is 5.97. The van der Waals surface area contributed by atoms with Crippen molar-refractivity contribution in [3.8, 4) is 5.69 Å². The molecule has 0 fully saturated rings. The second-order valence-corrected chi connectivity index (χ2v) is 7.17. The van der Waals surface area contributed by atoms with Crippen LogP contribution in [0.2, 0.25) is 5.02 Å². The molecule has 8 heteroatoms. The SMILES string of the molecule is C[C@@H](c1ccc(-n2cncn2)cc1)N(C)CN1C(=O)C(=O)c2cc(Cl)ccc21. The van der Waals surface area contributed by atoms with Crippen LogP contribution < -0.4 is 4.90 Å². The average molecular weight is 396 g/mol. The monoisotopic (exact) mass is 395 g/mol. The lowest BCUT2D eigenvalue weighted by atomic mass is 10.1. The van der Waals surface area contributed by atoms with Gasteiger partial charge >= 0.3 is 5.91 Å². The van der Waals surface area contributed by atoms with Gasteiger partial charge in [-0.2, -0.15) is 5.10 Å². The van der Waals surface area contributed by atoms with Crippen molar-refractivity contribution in [3.63, 3.8) is 0 Å². The van der Waals surface area contributed by atoms with Crippen LogP contribution >= 0.6 is 11.6 Å². The maximum absolute atomic E-state index is 12.4. The van der Waals surface area contributed by atoms with Crippen molar-refractivity contribution < 1.29 is 9.59 Å². The molecule has 0 spiro atoms. The quantitative estimate of drug-likeness (QED) is 0.621. The summed E-state index contributed by atoms with van der Waals surface area (Å²) in [5.41, 5.74) is 2.96. The third-order valence-electron chi connectivity index (χ3n) is 5.02. The first-order valence-corrected chi connectivity index (χ1v) is 9.14. The minimum absolute atomic E-state index is 0.0315. The van der Waals surface area contributed by atoms with Gasteiger partial charge in [0.15, 0.2) is 0 Å². The van der Waals surface area contributed by atoms with Crippen molar-refractivity contribution >= 4 is 29.0 Å². The Morgan fingerprint density at radius 1 is 1.14 bits per heavy atom. The van der Waals surface area contributed by atoms with E-state index in [4.69, 9.17) is 11.6 Å². The van der Waals surface area contributed by atoms with Gasteiger partial charge in [-0.1, -0.05) is 23.7 Å². The maximum atomic E-state index is 12.4. The predicted octanol–water partition coefficient (Wildman–Crippen LogP) is 3.10. The summed E-state index contributed by atoms with van der Waals surface area (Å²) < 4.78 is 1.69. The molecule has 0 saturated carbocycles. The Morgan fingerprint density at radius 3 is 2.57 bits per heavy atom. The number of carbonyl (C=O) groups excluding carboxylic acids is 2. The van der Waals surface area contributed by atoms with Crippen LogP contribution in [-0.4, -0.2) is 45.1 Å². The molecular formula is C20H18ClN5O2. The zero-order chi connectivity index (χ0) is 19.8. The van der Waals surface area contributed by atoms with Gasteiger partial charge in [0, 0.05) is 11.1 Å². The topological polar surface area (TPSA) is 71.3 Å². The summed E-state index contributed by atoms with van der Waals surface area (Å²) in [5, 5.41) is 4.56. The molecule has 2 aromatic carbocycles. The van der Waals surface area contributed by atoms with Gasteiger partial charge in [-0.3, -0.25) is 19.4 Å². The Morgan fingerprint density at radius 2 is 1.89 bits per heavy atom. The van der Waals surface area contributed by atoms with Gasteiger partial charge in [0.2, 0.25) is 0 Å². The number of nitrogens with zero attached hydrogens (tertiary/aromatic N) is 5. The molecule has 1 atom stereocenters. The Bertz CT molecular complexity index is 1030. The molecular weight excluding hydrogens is 378 g/mol. The molecule has 0 unspecified atom stereocenters. The average Bonchev–Trinajstić information content (AvgIpc) is 3.32. The standard InChI is InChI=1S/C20H18ClN5O2/c1-13(14-3-6-16(7-4-14)26-11-22-10-23-26)24(2)12-25-18-8-5-15(21)9-17(18)19(27)20(25)28/h3-11,13H,12H2,1-2H3/t13-/m0/s1. The fourth-order valence-corrected chi connectivity index (χ4v) is 3.43. The van der Waals surface area contributed by atoms with E-state index in [1.165, 1.54) is 11.2 Å². The first kappa shape index (κ1) is 18.3.